The monoisotopic (exact) mass is 581 g/mol. The van der Waals surface area contributed by atoms with Crippen LogP contribution in [0.5, 0.6) is 0 Å². The van der Waals surface area contributed by atoms with Gasteiger partial charge in [-0.15, -0.1) is 0 Å². The van der Waals surface area contributed by atoms with Gasteiger partial charge in [-0.3, -0.25) is 4.79 Å². The van der Waals surface area contributed by atoms with E-state index in [0.717, 1.165) is 50.9 Å². The summed E-state index contributed by atoms with van der Waals surface area (Å²) in [5.41, 5.74) is 1.37. The molecule has 4 rings (SSSR count). The molecule has 1 heterocycles. The molecule has 41 heavy (non-hydrogen) atoms. The number of nitrogens with one attached hydrogen (secondary N) is 1. The van der Waals surface area contributed by atoms with Crippen LogP contribution >= 0.6 is 0 Å². The first-order valence-corrected chi connectivity index (χ1v) is 13.9. The number of hydrogen-bond donors (Lipinski definition) is 1. The second kappa shape index (κ2) is 12.3. The molecule has 224 valence electrons. The maximum Gasteiger partial charge on any atom is 0.408 e. The van der Waals surface area contributed by atoms with Gasteiger partial charge in [-0.05, 0) is 87.7 Å². The number of benzene rings is 2. The van der Waals surface area contributed by atoms with Crippen molar-refractivity contribution in [1.82, 2.24) is 15.3 Å². The smallest absolute Gasteiger partial charge is 0.408 e. The third kappa shape index (κ3) is 7.96. The zero-order chi connectivity index (χ0) is 29.9. The van der Waals surface area contributed by atoms with Gasteiger partial charge in [0, 0.05) is 24.7 Å². The molecule has 1 saturated heterocycles. The summed E-state index contributed by atoms with van der Waals surface area (Å²) in [5, 5.41) is 2.10. The van der Waals surface area contributed by atoms with Gasteiger partial charge in [-0.2, -0.15) is 18.3 Å². The van der Waals surface area contributed by atoms with Crippen molar-refractivity contribution in [2.24, 2.45) is 0 Å². The SMILES string of the molecule is CC(C)(C)OC(=O)NC1CCN(CCCCc2ccc3c(c2)-c2c(F)cccc2C3C(=O)N(F)CC(F)(F)F)CC1. The molecule has 1 N–H and O–H groups in total. The fraction of sp³-hybridized carbons (Fsp3) is 0.533. The van der Waals surface area contributed by atoms with Crippen molar-refractivity contribution in [1.29, 1.82) is 0 Å². The van der Waals surface area contributed by atoms with E-state index in [0.29, 0.717) is 17.5 Å². The van der Waals surface area contributed by atoms with E-state index in [4.69, 9.17) is 4.74 Å². The minimum atomic E-state index is -4.90. The number of nitrogens with zero attached hydrogens (tertiary/aromatic N) is 2. The Morgan fingerprint density at radius 3 is 2.41 bits per heavy atom. The second-order valence-electron chi connectivity index (χ2n) is 11.8. The first-order valence-electron chi connectivity index (χ1n) is 13.9. The van der Waals surface area contributed by atoms with Crippen LogP contribution < -0.4 is 5.32 Å². The van der Waals surface area contributed by atoms with Gasteiger partial charge in [0.05, 0.1) is 5.92 Å². The fourth-order valence-electron chi connectivity index (χ4n) is 5.54. The van der Waals surface area contributed by atoms with E-state index in [2.05, 4.69) is 10.2 Å². The molecule has 11 heteroatoms. The number of halogens is 5. The number of ether oxygens (including phenoxy) is 1. The number of amides is 2. The quantitative estimate of drug-likeness (QED) is 0.219. The van der Waals surface area contributed by atoms with Crippen LogP contribution in [0.4, 0.5) is 26.8 Å². The molecule has 2 aromatic rings. The number of alkyl carbamates (subject to hydrolysis) is 1. The normalized spacial score (nSPS) is 17.6. The van der Waals surface area contributed by atoms with E-state index in [9.17, 15) is 31.6 Å². The highest BCUT2D eigenvalue weighted by Gasteiger charge is 2.41. The van der Waals surface area contributed by atoms with E-state index in [-0.39, 0.29) is 17.2 Å². The van der Waals surface area contributed by atoms with Crippen LogP contribution in [0.2, 0.25) is 0 Å². The van der Waals surface area contributed by atoms with Crippen molar-refractivity contribution in [2.75, 3.05) is 26.2 Å². The number of rotatable bonds is 8. The van der Waals surface area contributed by atoms with Crippen molar-refractivity contribution >= 4 is 12.0 Å². The number of aryl methyl sites for hydroxylation is 1. The van der Waals surface area contributed by atoms with Crippen molar-refractivity contribution in [3.05, 3.63) is 58.9 Å². The van der Waals surface area contributed by atoms with Gasteiger partial charge in [0.2, 0.25) is 0 Å². The highest BCUT2D eigenvalue weighted by atomic mass is 19.4. The predicted octanol–water partition coefficient (Wildman–Crippen LogP) is 6.53. The number of carbonyl (C=O) groups excluding carboxylic acids is 2. The number of fused-ring (bicyclic) bond motifs is 3. The number of carbonyl (C=O) groups is 2. The Hall–Kier alpha value is -3.21. The van der Waals surface area contributed by atoms with E-state index in [1.54, 1.807) is 18.2 Å². The molecule has 0 bridgehead atoms. The highest BCUT2D eigenvalue weighted by Crippen LogP contribution is 2.47. The maximum absolute atomic E-state index is 14.9. The summed E-state index contributed by atoms with van der Waals surface area (Å²) < 4.78 is 72.6. The van der Waals surface area contributed by atoms with Gasteiger partial charge in [-0.1, -0.05) is 34.8 Å². The minimum Gasteiger partial charge on any atom is -0.444 e. The third-order valence-electron chi connectivity index (χ3n) is 7.36. The third-order valence-corrected chi connectivity index (χ3v) is 7.36. The lowest BCUT2D eigenvalue weighted by atomic mass is 9.94. The van der Waals surface area contributed by atoms with E-state index >= 15 is 0 Å². The lowest BCUT2D eigenvalue weighted by Crippen LogP contribution is -2.46. The molecule has 0 spiro atoms. The van der Waals surface area contributed by atoms with E-state index in [1.165, 1.54) is 18.2 Å². The van der Waals surface area contributed by atoms with Crippen molar-refractivity contribution in [3.63, 3.8) is 0 Å². The number of unbranched alkanes of at least 4 members (excludes halogenated alkanes) is 1. The Kier molecular flexibility index (Phi) is 9.25. The van der Waals surface area contributed by atoms with Gasteiger partial charge in [0.15, 0.2) is 0 Å². The average molecular weight is 582 g/mol. The van der Waals surface area contributed by atoms with Crippen LogP contribution in [0.3, 0.4) is 0 Å². The summed E-state index contributed by atoms with van der Waals surface area (Å²) in [5.74, 6) is -3.32. The van der Waals surface area contributed by atoms with Gasteiger partial charge >= 0.3 is 12.3 Å². The van der Waals surface area contributed by atoms with Crippen molar-refractivity contribution in [2.45, 2.75) is 76.6 Å². The molecule has 1 unspecified atom stereocenters. The Balaban J connectivity index is 1.32. The molecule has 1 aliphatic heterocycles. The van der Waals surface area contributed by atoms with Crippen molar-refractivity contribution in [3.8, 4) is 11.1 Å². The molecule has 1 aliphatic carbocycles. The van der Waals surface area contributed by atoms with E-state index in [1.807, 2.05) is 20.8 Å². The lowest BCUT2D eigenvalue weighted by Gasteiger charge is -2.32. The molecule has 2 amide bonds. The average Bonchev–Trinajstić information content (AvgIpc) is 3.19. The largest absolute Gasteiger partial charge is 0.444 e. The van der Waals surface area contributed by atoms with Crippen LogP contribution in [-0.4, -0.2) is 66.0 Å². The zero-order valence-electron chi connectivity index (χ0n) is 23.5. The Labute approximate surface area is 236 Å². The minimum absolute atomic E-state index is 0.0874. The summed E-state index contributed by atoms with van der Waals surface area (Å²) in [4.78, 5) is 27.1. The molecule has 1 atom stereocenters. The van der Waals surface area contributed by atoms with Crippen LogP contribution in [0.1, 0.15) is 69.1 Å². The summed E-state index contributed by atoms with van der Waals surface area (Å²) in [6.07, 6.45) is -1.15. The van der Waals surface area contributed by atoms with Crippen LogP contribution in [-0.2, 0) is 16.0 Å². The fourth-order valence-corrected chi connectivity index (χ4v) is 5.54. The van der Waals surface area contributed by atoms with Gasteiger partial charge in [0.1, 0.15) is 18.0 Å². The lowest BCUT2D eigenvalue weighted by molar-refractivity contribution is -0.188. The summed E-state index contributed by atoms with van der Waals surface area (Å²) in [6.45, 7) is 6.08. The second-order valence-corrected chi connectivity index (χ2v) is 11.8. The Bertz CT molecular complexity index is 1250. The Morgan fingerprint density at radius 1 is 1.05 bits per heavy atom. The predicted molar refractivity (Wildman–Crippen MR) is 144 cm³/mol. The standard InChI is InChI=1S/C30H36F5N3O3/c1-29(2,3)41-28(40)36-20-12-15-37(16-13-20)14-5-4-7-19-10-11-21-23(17-19)25-22(8-6-9-24(25)31)26(21)27(39)38(35)18-30(32,33)34/h6,8-11,17,20,26H,4-5,7,12-16,18H2,1-3H3,(H,36,40). The van der Waals surface area contributed by atoms with Crippen LogP contribution in [0.15, 0.2) is 36.4 Å². The molecular weight excluding hydrogens is 545 g/mol. The number of hydrogen-bond acceptors (Lipinski definition) is 4. The maximum atomic E-state index is 14.9. The van der Waals surface area contributed by atoms with Crippen LogP contribution in [0, 0.1) is 5.82 Å². The van der Waals surface area contributed by atoms with E-state index < -0.39 is 47.2 Å². The first kappa shape index (κ1) is 30.7. The Morgan fingerprint density at radius 2 is 1.76 bits per heavy atom. The number of likely N-dealkylation sites (tertiary alicyclic amines) is 1. The van der Waals surface area contributed by atoms with Crippen LogP contribution in [0.25, 0.3) is 11.1 Å². The van der Waals surface area contributed by atoms with Gasteiger partial charge < -0.3 is 15.0 Å². The summed E-state index contributed by atoms with van der Waals surface area (Å²) in [7, 11) is 0. The topological polar surface area (TPSA) is 61.9 Å². The summed E-state index contributed by atoms with van der Waals surface area (Å²) >= 11 is 0. The molecule has 0 radical (unpaired) electrons. The molecule has 0 aromatic heterocycles. The molecular formula is C30H36F5N3O3. The first-order chi connectivity index (χ1) is 19.2. The highest BCUT2D eigenvalue weighted by molar-refractivity contribution is 5.96. The summed E-state index contributed by atoms with van der Waals surface area (Å²) in [6, 6.07) is 9.24. The molecule has 2 aromatic carbocycles. The van der Waals surface area contributed by atoms with Gasteiger partial charge in [-0.25, -0.2) is 9.18 Å². The number of piperidine rings is 1. The van der Waals surface area contributed by atoms with Crippen molar-refractivity contribution < 1.29 is 36.4 Å². The van der Waals surface area contributed by atoms with Gasteiger partial charge in [0.25, 0.3) is 5.91 Å². The molecule has 1 fully saturated rings. The molecule has 2 aliphatic rings. The molecule has 0 saturated carbocycles. The number of alkyl halides is 3. The molecule has 6 nitrogen and oxygen atoms in total. The zero-order valence-corrected chi connectivity index (χ0v) is 23.5.